The van der Waals surface area contributed by atoms with Gasteiger partial charge in [0, 0.05) is 6.07 Å². The summed E-state index contributed by atoms with van der Waals surface area (Å²) in [7, 11) is 1.57. The van der Waals surface area contributed by atoms with E-state index in [1.165, 1.54) is 6.33 Å². The van der Waals surface area contributed by atoms with Gasteiger partial charge in [-0.3, -0.25) is 5.84 Å². The Balaban J connectivity index is 2.96. The summed E-state index contributed by atoms with van der Waals surface area (Å²) < 4.78 is 5.01. The predicted molar refractivity (Wildman–Crippen MR) is 58.1 cm³/mol. The summed E-state index contributed by atoms with van der Waals surface area (Å²) in [5.74, 6) is 5.98. The first-order valence-electron chi connectivity index (χ1n) is 4.64. The maximum atomic E-state index is 5.45. The minimum Gasteiger partial charge on any atom is -0.481 e. The lowest BCUT2D eigenvalue weighted by molar-refractivity contribution is 0.395. The minimum absolute atomic E-state index is 0.119. The molecule has 3 N–H and O–H groups in total. The largest absolute Gasteiger partial charge is 0.481 e. The molecule has 0 aliphatic rings. The van der Waals surface area contributed by atoms with Crippen molar-refractivity contribution in [3.05, 3.63) is 29.7 Å². The molecule has 0 spiro atoms. The highest BCUT2D eigenvalue weighted by Gasteiger charge is 2.09. The van der Waals surface area contributed by atoms with Crippen molar-refractivity contribution in [2.24, 2.45) is 5.84 Å². The number of ether oxygens (including phenoxy) is 1. The molecule has 0 fully saturated rings. The summed E-state index contributed by atoms with van der Waals surface area (Å²) in [4.78, 5) is 8.06. The normalized spacial score (nSPS) is 12.0. The van der Waals surface area contributed by atoms with Crippen LogP contribution in [0.3, 0.4) is 0 Å². The quantitative estimate of drug-likeness (QED) is 0.438. The van der Waals surface area contributed by atoms with Gasteiger partial charge in [0.15, 0.2) is 0 Å². The molecule has 0 aliphatic carbocycles. The molecule has 1 aromatic heterocycles. The Morgan fingerprint density at radius 1 is 1.53 bits per heavy atom. The Hall–Kier alpha value is -1.46. The molecule has 1 unspecified atom stereocenters. The van der Waals surface area contributed by atoms with Crippen LogP contribution in [0.5, 0.6) is 5.88 Å². The highest BCUT2D eigenvalue weighted by Crippen LogP contribution is 2.15. The fraction of sp³-hybridized carbons (Fsp3) is 0.400. The van der Waals surface area contributed by atoms with Crippen LogP contribution in [0.25, 0.3) is 0 Å². The maximum Gasteiger partial charge on any atom is 0.216 e. The van der Waals surface area contributed by atoms with Gasteiger partial charge < -0.3 is 4.74 Å². The molecule has 1 rings (SSSR count). The van der Waals surface area contributed by atoms with Gasteiger partial charge in [0.25, 0.3) is 0 Å². The average molecular weight is 208 g/mol. The fourth-order valence-electron chi connectivity index (χ4n) is 1.19. The molecule has 15 heavy (non-hydrogen) atoms. The summed E-state index contributed by atoms with van der Waals surface area (Å²) in [6.45, 7) is 4.01. The maximum absolute atomic E-state index is 5.45. The zero-order valence-corrected chi connectivity index (χ0v) is 9.19. The minimum atomic E-state index is -0.119. The number of hydrogen-bond acceptors (Lipinski definition) is 5. The molecule has 0 saturated carbocycles. The topological polar surface area (TPSA) is 73.1 Å². The second kappa shape index (κ2) is 5.43. The zero-order chi connectivity index (χ0) is 11.3. The molecule has 5 heteroatoms. The first-order valence-corrected chi connectivity index (χ1v) is 4.64. The number of allylic oxidation sites excluding steroid dienone is 1. The SMILES string of the molecule is COc1cc(C(C=C(C)C)NN)ncn1. The lowest BCUT2D eigenvalue weighted by Crippen LogP contribution is -2.27. The van der Waals surface area contributed by atoms with E-state index in [0.717, 1.165) is 11.3 Å². The molecule has 1 heterocycles. The Labute approximate surface area is 89.3 Å². The Kier molecular flexibility index (Phi) is 4.20. The molecule has 1 aromatic rings. The number of aromatic nitrogens is 2. The second-order valence-electron chi connectivity index (χ2n) is 3.37. The van der Waals surface area contributed by atoms with E-state index >= 15 is 0 Å². The third-order valence-corrected chi connectivity index (χ3v) is 1.87. The van der Waals surface area contributed by atoms with Gasteiger partial charge >= 0.3 is 0 Å². The van der Waals surface area contributed by atoms with E-state index < -0.39 is 0 Å². The molecule has 0 amide bonds. The summed E-state index contributed by atoms with van der Waals surface area (Å²) in [6, 6.07) is 1.64. The van der Waals surface area contributed by atoms with Crippen LogP contribution in [-0.2, 0) is 0 Å². The lowest BCUT2D eigenvalue weighted by Gasteiger charge is -2.11. The van der Waals surface area contributed by atoms with Crippen LogP contribution in [0.15, 0.2) is 24.0 Å². The van der Waals surface area contributed by atoms with Crippen molar-refractivity contribution in [1.82, 2.24) is 15.4 Å². The molecule has 82 valence electrons. The number of nitrogens with two attached hydrogens (primary N) is 1. The van der Waals surface area contributed by atoms with Gasteiger partial charge in [0.2, 0.25) is 5.88 Å². The van der Waals surface area contributed by atoms with Gasteiger partial charge in [0.1, 0.15) is 6.33 Å². The summed E-state index contributed by atoms with van der Waals surface area (Å²) in [6.07, 6.45) is 3.44. The molecule has 0 aromatic carbocycles. The van der Waals surface area contributed by atoms with E-state index in [2.05, 4.69) is 15.4 Å². The van der Waals surface area contributed by atoms with Crippen molar-refractivity contribution in [3.63, 3.8) is 0 Å². The molecule has 1 atom stereocenters. The van der Waals surface area contributed by atoms with Gasteiger partial charge in [-0.2, -0.15) is 0 Å². The summed E-state index contributed by atoms with van der Waals surface area (Å²) in [5, 5.41) is 0. The van der Waals surface area contributed by atoms with Crippen LogP contribution in [0, 0.1) is 0 Å². The van der Waals surface area contributed by atoms with Crippen molar-refractivity contribution < 1.29 is 4.74 Å². The smallest absolute Gasteiger partial charge is 0.216 e. The highest BCUT2D eigenvalue weighted by molar-refractivity contribution is 5.21. The first-order chi connectivity index (χ1) is 7.17. The Morgan fingerprint density at radius 2 is 2.27 bits per heavy atom. The standard InChI is InChI=1S/C10H16N4O/c1-7(2)4-9(14-11)8-5-10(15-3)13-6-12-8/h4-6,9,14H,11H2,1-3H3. The van der Waals surface area contributed by atoms with E-state index in [-0.39, 0.29) is 6.04 Å². The summed E-state index contributed by atoms with van der Waals surface area (Å²) >= 11 is 0. The Bertz CT molecular complexity index is 347. The van der Waals surface area contributed by atoms with Crippen LogP contribution >= 0.6 is 0 Å². The summed E-state index contributed by atoms with van der Waals surface area (Å²) in [5.41, 5.74) is 4.62. The Morgan fingerprint density at radius 3 is 2.80 bits per heavy atom. The van der Waals surface area contributed by atoms with Gasteiger partial charge in [-0.05, 0) is 13.8 Å². The van der Waals surface area contributed by atoms with E-state index in [4.69, 9.17) is 10.6 Å². The number of nitrogens with zero attached hydrogens (tertiary/aromatic N) is 2. The van der Waals surface area contributed by atoms with Crippen LogP contribution in [0.4, 0.5) is 0 Å². The number of rotatable bonds is 4. The van der Waals surface area contributed by atoms with E-state index in [9.17, 15) is 0 Å². The molecule has 0 aliphatic heterocycles. The van der Waals surface area contributed by atoms with Crippen LogP contribution in [-0.4, -0.2) is 17.1 Å². The molecule has 5 nitrogen and oxygen atoms in total. The first kappa shape index (κ1) is 11.6. The molecular formula is C10H16N4O. The monoisotopic (exact) mass is 208 g/mol. The van der Waals surface area contributed by atoms with Crippen molar-refractivity contribution in [1.29, 1.82) is 0 Å². The molecular weight excluding hydrogens is 192 g/mol. The number of hydrazine groups is 1. The van der Waals surface area contributed by atoms with E-state index in [1.54, 1.807) is 13.2 Å². The van der Waals surface area contributed by atoms with E-state index in [1.807, 2.05) is 19.9 Å². The van der Waals surface area contributed by atoms with Crippen molar-refractivity contribution in [2.45, 2.75) is 19.9 Å². The third kappa shape index (κ3) is 3.30. The van der Waals surface area contributed by atoms with E-state index in [0.29, 0.717) is 5.88 Å². The lowest BCUT2D eigenvalue weighted by atomic mass is 10.1. The van der Waals surface area contributed by atoms with Gasteiger partial charge in [-0.25, -0.2) is 15.4 Å². The van der Waals surface area contributed by atoms with Crippen LogP contribution in [0.2, 0.25) is 0 Å². The predicted octanol–water partition coefficient (Wildman–Crippen LogP) is 0.956. The van der Waals surface area contributed by atoms with Crippen molar-refractivity contribution in [2.75, 3.05) is 7.11 Å². The number of hydrogen-bond donors (Lipinski definition) is 2. The number of methoxy groups -OCH3 is 1. The zero-order valence-electron chi connectivity index (χ0n) is 9.19. The molecule has 0 saturated heterocycles. The van der Waals surface area contributed by atoms with Gasteiger partial charge in [-0.15, -0.1) is 0 Å². The molecule has 0 radical (unpaired) electrons. The third-order valence-electron chi connectivity index (χ3n) is 1.87. The average Bonchev–Trinajstić information content (AvgIpc) is 2.25. The van der Waals surface area contributed by atoms with Crippen LogP contribution < -0.4 is 16.0 Å². The van der Waals surface area contributed by atoms with Crippen molar-refractivity contribution in [3.8, 4) is 5.88 Å². The number of nitrogens with one attached hydrogen (secondary N) is 1. The molecule has 0 bridgehead atoms. The van der Waals surface area contributed by atoms with Crippen LogP contribution in [0.1, 0.15) is 25.6 Å². The van der Waals surface area contributed by atoms with Gasteiger partial charge in [0.05, 0.1) is 18.8 Å². The van der Waals surface area contributed by atoms with Crippen molar-refractivity contribution >= 4 is 0 Å². The highest BCUT2D eigenvalue weighted by atomic mass is 16.5. The second-order valence-corrected chi connectivity index (χ2v) is 3.37. The van der Waals surface area contributed by atoms with Gasteiger partial charge in [-0.1, -0.05) is 11.6 Å². The fourth-order valence-corrected chi connectivity index (χ4v) is 1.19.